The molecule has 0 aliphatic heterocycles. The van der Waals surface area contributed by atoms with Gasteiger partial charge in [-0.15, -0.1) is 0 Å². The van der Waals surface area contributed by atoms with E-state index in [0.29, 0.717) is 10.8 Å². The summed E-state index contributed by atoms with van der Waals surface area (Å²) in [5, 5.41) is 0. The Morgan fingerprint density at radius 1 is 0.895 bits per heavy atom. The Morgan fingerprint density at radius 3 is 1.95 bits per heavy atom. The molecule has 0 bridgehead atoms. The van der Waals surface area contributed by atoms with Gasteiger partial charge in [-0.3, -0.25) is 0 Å². The molecule has 3 aliphatic carbocycles. The molecule has 0 radical (unpaired) electrons. The van der Waals surface area contributed by atoms with Gasteiger partial charge in [0.05, 0.1) is 0 Å². The lowest BCUT2D eigenvalue weighted by atomic mass is 9.43. The predicted molar refractivity (Wildman–Crippen MR) is 83.2 cm³/mol. The summed E-state index contributed by atoms with van der Waals surface area (Å²) in [5.74, 6) is 0.279. The highest BCUT2D eigenvalue weighted by Crippen LogP contribution is 2.67. The number of hydrogen-bond donors (Lipinski definition) is 0. The minimum absolute atomic E-state index is 0.238. The van der Waals surface area contributed by atoms with Crippen molar-refractivity contribution < 1.29 is 2.74 Å². The Morgan fingerprint density at radius 2 is 1.42 bits per heavy atom. The molecule has 3 fully saturated rings. The second-order valence-corrected chi connectivity index (χ2v) is 8.81. The minimum atomic E-state index is -1.02. The minimum Gasteiger partial charge on any atom is -0.0602 e. The Kier molecular flexibility index (Phi) is 2.93. The van der Waals surface area contributed by atoms with Crippen molar-refractivity contribution in [3.63, 3.8) is 0 Å². The summed E-state index contributed by atoms with van der Waals surface area (Å²) >= 11 is 0. The Balaban J connectivity index is 1.88. The summed E-state index contributed by atoms with van der Waals surface area (Å²) in [6, 6.07) is 0. The van der Waals surface area contributed by atoms with Crippen molar-refractivity contribution in [2.45, 2.75) is 97.8 Å². The first kappa shape index (κ1) is 11.6. The van der Waals surface area contributed by atoms with Crippen molar-refractivity contribution in [2.75, 3.05) is 0 Å². The molecule has 0 aromatic carbocycles. The molecule has 3 rings (SSSR count). The van der Waals surface area contributed by atoms with E-state index in [1.165, 1.54) is 64.2 Å². The second-order valence-electron chi connectivity index (χ2n) is 8.81. The third kappa shape index (κ3) is 2.49. The summed E-state index contributed by atoms with van der Waals surface area (Å²) in [6.45, 7) is 6.27. The van der Waals surface area contributed by atoms with Gasteiger partial charge in [-0.2, -0.15) is 0 Å². The van der Waals surface area contributed by atoms with Crippen LogP contribution >= 0.6 is 0 Å². The molecule has 110 valence electrons. The maximum absolute atomic E-state index is 8.75. The maximum Gasteiger partial charge on any atom is 0.0275 e. The molecule has 3 aliphatic rings. The van der Waals surface area contributed by atoms with Crippen LogP contribution in [0.3, 0.4) is 0 Å². The molecule has 0 aromatic rings. The topological polar surface area (TPSA) is 0 Å². The molecule has 0 saturated heterocycles. The highest BCUT2D eigenvalue weighted by Gasteiger charge is 2.55. The van der Waals surface area contributed by atoms with E-state index in [2.05, 4.69) is 20.8 Å². The number of rotatable bonds is 1. The average Bonchev–Trinajstić information content (AvgIpc) is 2.44. The van der Waals surface area contributed by atoms with Gasteiger partial charge in [-0.1, -0.05) is 46.5 Å². The van der Waals surface area contributed by atoms with Gasteiger partial charge in [-0.25, -0.2) is 0 Å². The van der Waals surface area contributed by atoms with Gasteiger partial charge in [0.25, 0.3) is 0 Å². The van der Waals surface area contributed by atoms with Crippen molar-refractivity contribution in [2.24, 2.45) is 22.2 Å². The molecule has 0 N–H and O–H groups in total. The monoisotopic (exact) mass is 264 g/mol. The molecule has 1 unspecified atom stereocenters. The second kappa shape index (κ2) is 4.78. The molecule has 1 atom stereocenters. The fraction of sp³-hybridized carbons (Fsp3) is 1.00. The molecular weight excluding hydrogens is 228 g/mol. The SMILES string of the molecule is [2H]C([2H])(C1CCC23CCCCC2(CCCC3)C1)C(C)(C)C. The van der Waals surface area contributed by atoms with Gasteiger partial charge in [0.2, 0.25) is 0 Å². The largest absolute Gasteiger partial charge is 0.0602 e. The van der Waals surface area contributed by atoms with Gasteiger partial charge < -0.3 is 0 Å². The summed E-state index contributed by atoms with van der Waals surface area (Å²) < 4.78 is 17.5. The fourth-order valence-corrected chi connectivity index (χ4v) is 5.86. The van der Waals surface area contributed by atoms with Crippen LogP contribution in [-0.4, -0.2) is 0 Å². The lowest BCUT2D eigenvalue weighted by Gasteiger charge is -2.62. The van der Waals surface area contributed by atoms with Crippen molar-refractivity contribution in [1.29, 1.82) is 0 Å². The fourth-order valence-electron chi connectivity index (χ4n) is 5.86. The lowest BCUT2D eigenvalue weighted by Crippen LogP contribution is -2.51. The van der Waals surface area contributed by atoms with Crippen LogP contribution < -0.4 is 0 Å². The Labute approximate surface area is 123 Å². The molecule has 0 heterocycles. The molecule has 0 amide bonds. The molecule has 0 aromatic heterocycles. The summed E-state index contributed by atoms with van der Waals surface area (Å²) in [4.78, 5) is 0. The van der Waals surface area contributed by atoms with Crippen molar-refractivity contribution >= 4 is 0 Å². The zero-order valence-corrected chi connectivity index (χ0v) is 13.4. The first-order valence-electron chi connectivity index (χ1n) is 9.73. The van der Waals surface area contributed by atoms with Gasteiger partial charge >= 0.3 is 0 Å². The van der Waals surface area contributed by atoms with E-state index >= 15 is 0 Å². The maximum atomic E-state index is 8.75. The van der Waals surface area contributed by atoms with E-state index in [9.17, 15) is 0 Å². The van der Waals surface area contributed by atoms with Crippen LogP contribution in [0, 0.1) is 22.2 Å². The molecule has 0 spiro atoms. The van der Waals surface area contributed by atoms with Gasteiger partial charge in [0.15, 0.2) is 0 Å². The molecule has 0 heteroatoms. The quantitative estimate of drug-likeness (QED) is 0.518. The summed E-state index contributed by atoms with van der Waals surface area (Å²) in [7, 11) is 0. The van der Waals surface area contributed by atoms with Crippen molar-refractivity contribution in [1.82, 2.24) is 0 Å². The van der Waals surface area contributed by atoms with E-state index in [1.807, 2.05) is 0 Å². The first-order valence-corrected chi connectivity index (χ1v) is 8.73. The summed E-state index contributed by atoms with van der Waals surface area (Å²) in [6.07, 6.45) is 13.9. The number of hydrogen-bond acceptors (Lipinski definition) is 0. The van der Waals surface area contributed by atoms with E-state index in [0.717, 1.165) is 6.42 Å². The molecule has 19 heavy (non-hydrogen) atoms. The predicted octanol–water partition coefficient (Wildman–Crippen LogP) is 6.34. The van der Waals surface area contributed by atoms with Gasteiger partial charge in [-0.05, 0) is 73.5 Å². The van der Waals surface area contributed by atoms with Crippen LogP contribution in [0.25, 0.3) is 0 Å². The van der Waals surface area contributed by atoms with Crippen LogP contribution in [0.15, 0.2) is 0 Å². The van der Waals surface area contributed by atoms with Gasteiger partial charge in [0, 0.05) is 2.74 Å². The smallest absolute Gasteiger partial charge is 0.0275 e. The van der Waals surface area contributed by atoms with Crippen LogP contribution in [-0.2, 0) is 0 Å². The summed E-state index contributed by atoms with van der Waals surface area (Å²) in [5.41, 5.74) is 0.872. The normalized spacial score (nSPS) is 45.7. The Hall–Kier alpha value is 0. The zero-order valence-electron chi connectivity index (χ0n) is 15.4. The van der Waals surface area contributed by atoms with E-state index in [4.69, 9.17) is 2.74 Å². The molecule has 0 nitrogen and oxygen atoms in total. The average molecular weight is 264 g/mol. The molecular formula is C19H34. The van der Waals surface area contributed by atoms with Crippen molar-refractivity contribution in [3.8, 4) is 0 Å². The third-order valence-electron chi connectivity index (χ3n) is 6.49. The zero-order chi connectivity index (χ0) is 15.4. The van der Waals surface area contributed by atoms with E-state index < -0.39 is 6.37 Å². The van der Waals surface area contributed by atoms with Gasteiger partial charge in [0.1, 0.15) is 0 Å². The van der Waals surface area contributed by atoms with Crippen LogP contribution in [0.2, 0.25) is 0 Å². The third-order valence-corrected chi connectivity index (χ3v) is 6.49. The van der Waals surface area contributed by atoms with Crippen LogP contribution in [0.4, 0.5) is 0 Å². The molecule has 3 saturated carbocycles. The first-order chi connectivity index (χ1) is 9.73. The van der Waals surface area contributed by atoms with Crippen LogP contribution in [0.1, 0.15) is 101 Å². The highest BCUT2D eigenvalue weighted by molar-refractivity contribution is 5.06. The van der Waals surface area contributed by atoms with Crippen LogP contribution in [0.5, 0.6) is 0 Å². The van der Waals surface area contributed by atoms with E-state index in [-0.39, 0.29) is 11.3 Å². The van der Waals surface area contributed by atoms with E-state index in [1.54, 1.807) is 0 Å². The Bertz CT molecular complexity index is 379. The highest BCUT2D eigenvalue weighted by atomic mass is 14.6. The standard InChI is InChI=1S/C19H34/c1-17(2,3)14-16-8-13-18-9-4-6-11-19(18,15-16)12-7-5-10-18/h16H,4-15H2,1-3H3/i14D2. The van der Waals surface area contributed by atoms with Crippen molar-refractivity contribution in [3.05, 3.63) is 0 Å². The lowest BCUT2D eigenvalue weighted by molar-refractivity contribution is -0.111.